The maximum atomic E-state index is 12.3. The molecule has 1 aromatic heterocycles. The molecule has 0 N–H and O–H groups in total. The number of hydrogen-bond donors (Lipinski definition) is 0. The minimum atomic E-state index is -0.743. The Balaban J connectivity index is 0.000000238. The molecule has 0 spiro atoms. The summed E-state index contributed by atoms with van der Waals surface area (Å²) >= 11 is -0.743. The van der Waals surface area contributed by atoms with Crippen molar-refractivity contribution in [3.63, 3.8) is 0 Å². The monoisotopic (exact) mass is 453 g/mol. The largest absolute Gasteiger partial charge is 0.616 e. The summed E-state index contributed by atoms with van der Waals surface area (Å²) in [6.45, 7) is 4.61. The average Bonchev–Trinajstić information content (AvgIpc) is 3.29. The lowest BCUT2D eigenvalue weighted by Crippen LogP contribution is -2.23. The normalized spacial score (nSPS) is 14.0. The quantitative estimate of drug-likeness (QED) is 0.253. The van der Waals surface area contributed by atoms with Crippen molar-refractivity contribution in [2.75, 3.05) is 12.5 Å². The highest BCUT2D eigenvalue weighted by Gasteiger charge is 2.19. The molecule has 4 nitrogen and oxygen atoms in total. The number of ether oxygens (including phenoxy) is 2. The van der Waals surface area contributed by atoms with E-state index in [1.165, 1.54) is 43.1 Å². The lowest BCUT2D eigenvalue weighted by molar-refractivity contribution is 0.174. The fourth-order valence-electron chi connectivity index (χ4n) is 3.73. The lowest BCUT2D eigenvalue weighted by atomic mass is 10.1. The van der Waals surface area contributed by atoms with Crippen molar-refractivity contribution in [3.05, 3.63) is 66.4 Å². The fraction of sp³-hybridized carbons (Fsp3) is 0.444. The van der Waals surface area contributed by atoms with Gasteiger partial charge in [0.25, 0.3) is 0 Å². The van der Waals surface area contributed by atoms with E-state index in [9.17, 15) is 4.55 Å². The van der Waals surface area contributed by atoms with Crippen LogP contribution in [0.2, 0.25) is 0 Å². The van der Waals surface area contributed by atoms with Gasteiger partial charge in [0.2, 0.25) is 6.79 Å². The first kappa shape index (κ1) is 24.4. The number of hydrogen-bond acceptors (Lipinski definition) is 4. The van der Waals surface area contributed by atoms with E-state index in [2.05, 4.69) is 31.0 Å². The number of fused-ring (bicyclic) bond motifs is 2. The maximum Gasteiger partial charge on any atom is 0.231 e. The number of pyridine rings is 1. The molecule has 3 aromatic rings. The van der Waals surface area contributed by atoms with E-state index in [4.69, 9.17) is 9.47 Å². The molecule has 0 fully saturated rings. The third-order valence-corrected chi connectivity index (χ3v) is 7.38. The van der Waals surface area contributed by atoms with Crippen LogP contribution in [-0.2, 0) is 17.6 Å². The second-order valence-electron chi connectivity index (χ2n) is 8.25. The van der Waals surface area contributed by atoms with Gasteiger partial charge in [-0.2, -0.15) is 0 Å². The van der Waals surface area contributed by atoms with Gasteiger partial charge >= 0.3 is 0 Å². The van der Waals surface area contributed by atoms with Crippen molar-refractivity contribution in [2.45, 2.75) is 64.0 Å². The van der Waals surface area contributed by atoms with Gasteiger partial charge in [0.1, 0.15) is 11.0 Å². The fourth-order valence-corrected chi connectivity index (χ4v) is 5.00. The Morgan fingerprint density at radius 3 is 2.53 bits per heavy atom. The molecule has 2 aromatic carbocycles. The first-order valence-corrected chi connectivity index (χ1v) is 13.1. The van der Waals surface area contributed by atoms with Gasteiger partial charge in [-0.25, -0.2) is 0 Å². The molecule has 172 valence electrons. The topological polar surface area (TPSA) is 54.4 Å². The van der Waals surface area contributed by atoms with Crippen molar-refractivity contribution < 1.29 is 14.0 Å². The summed E-state index contributed by atoms with van der Waals surface area (Å²) in [4.78, 5) is 4.18. The summed E-state index contributed by atoms with van der Waals surface area (Å²) < 4.78 is 23.0. The molecule has 2 atom stereocenters. The van der Waals surface area contributed by atoms with Crippen molar-refractivity contribution in [2.24, 2.45) is 0 Å². The van der Waals surface area contributed by atoms with Gasteiger partial charge in [0.15, 0.2) is 11.5 Å². The second kappa shape index (κ2) is 13.3. The molecule has 1 aliphatic rings. The first-order chi connectivity index (χ1) is 15.7. The van der Waals surface area contributed by atoms with Crippen molar-refractivity contribution in [1.29, 1.82) is 0 Å². The highest BCUT2D eigenvalue weighted by molar-refractivity contribution is 7.91. The van der Waals surface area contributed by atoms with E-state index in [-0.39, 0.29) is 5.25 Å². The van der Waals surface area contributed by atoms with Crippen molar-refractivity contribution in [3.8, 4) is 11.5 Å². The van der Waals surface area contributed by atoms with E-state index < -0.39 is 11.2 Å². The summed E-state index contributed by atoms with van der Waals surface area (Å²) in [5.41, 5.74) is 2.23. The van der Waals surface area contributed by atoms with Gasteiger partial charge in [0, 0.05) is 18.0 Å². The zero-order valence-corrected chi connectivity index (χ0v) is 20.1. The second-order valence-corrected chi connectivity index (χ2v) is 10.2. The van der Waals surface area contributed by atoms with Crippen LogP contribution in [-0.4, -0.2) is 27.3 Å². The van der Waals surface area contributed by atoms with Crippen molar-refractivity contribution >= 4 is 22.1 Å². The van der Waals surface area contributed by atoms with Gasteiger partial charge in [0.05, 0.1) is 5.52 Å². The molecule has 0 amide bonds. The molecule has 5 heteroatoms. The molecule has 4 rings (SSSR count). The molecule has 32 heavy (non-hydrogen) atoms. The predicted octanol–water partition coefficient (Wildman–Crippen LogP) is 6.69. The van der Waals surface area contributed by atoms with Crippen LogP contribution < -0.4 is 9.47 Å². The molecule has 0 aliphatic carbocycles. The highest BCUT2D eigenvalue weighted by atomic mass is 32.2. The van der Waals surface area contributed by atoms with Crippen LogP contribution in [0.3, 0.4) is 0 Å². The molecule has 2 heterocycles. The van der Waals surface area contributed by atoms with E-state index >= 15 is 0 Å². The van der Waals surface area contributed by atoms with Crippen LogP contribution >= 0.6 is 0 Å². The molecule has 0 saturated heterocycles. The molecule has 0 bridgehead atoms. The summed E-state index contributed by atoms with van der Waals surface area (Å²) in [6.07, 6.45) is 10.1. The molecule has 1 aliphatic heterocycles. The zero-order chi connectivity index (χ0) is 22.6. The van der Waals surface area contributed by atoms with Gasteiger partial charge in [-0.05, 0) is 49.6 Å². The summed E-state index contributed by atoms with van der Waals surface area (Å²) in [5.74, 6) is 2.45. The minimum absolute atomic E-state index is 0.191. The predicted molar refractivity (Wildman–Crippen MR) is 134 cm³/mol. The third-order valence-electron chi connectivity index (χ3n) is 5.62. The number of unbranched alkanes of at least 4 members (excludes halogenated alkanes) is 5. The minimum Gasteiger partial charge on any atom is -0.616 e. The Kier molecular flexibility index (Phi) is 10.2. The smallest absolute Gasteiger partial charge is 0.231 e. The zero-order valence-electron chi connectivity index (χ0n) is 19.3. The van der Waals surface area contributed by atoms with Crippen LogP contribution in [0.4, 0.5) is 0 Å². The van der Waals surface area contributed by atoms with Gasteiger partial charge < -0.3 is 14.0 Å². The van der Waals surface area contributed by atoms with Gasteiger partial charge in [-0.3, -0.25) is 4.98 Å². The van der Waals surface area contributed by atoms with E-state index in [1.54, 1.807) is 0 Å². The van der Waals surface area contributed by atoms with E-state index in [0.717, 1.165) is 35.6 Å². The maximum absolute atomic E-state index is 12.3. The Morgan fingerprint density at radius 2 is 1.69 bits per heavy atom. The number of benzene rings is 2. The average molecular weight is 454 g/mol. The molecular formula is C27H35NO3S. The number of aromatic nitrogens is 1. The van der Waals surface area contributed by atoms with Crippen molar-refractivity contribution in [1.82, 2.24) is 4.98 Å². The summed E-state index contributed by atoms with van der Waals surface area (Å²) in [6, 6.07) is 18.1. The summed E-state index contributed by atoms with van der Waals surface area (Å²) in [5, 5.41) is 1.39. The highest BCUT2D eigenvalue weighted by Crippen LogP contribution is 2.33. The third kappa shape index (κ3) is 7.72. The number of nitrogens with zero attached hydrogens (tertiary/aromatic N) is 1. The SMILES string of the molecule is CCCCCCCC[S+]([O-])C(C)Cc1ccc2c(c1)OCO2.c1ccc2ncccc2c1. The van der Waals surface area contributed by atoms with Gasteiger partial charge in [-0.1, -0.05) is 74.1 Å². The lowest BCUT2D eigenvalue weighted by Gasteiger charge is -2.18. The molecule has 0 saturated carbocycles. The molecule has 0 radical (unpaired) electrons. The van der Waals surface area contributed by atoms with Crippen LogP contribution in [0.25, 0.3) is 10.9 Å². The van der Waals surface area contributed by atoms with Crippen LogP contribution in [0.5, 0.6) is 11.5 Å². The first-order valence-electron chi connectivity index (χ1n) is 11.7. The van der Waals surface area contributed by atoms with Crippen LogP contribution in [0.1, 0.15) is 57.9 Å². The molecular weight excluding hydrogens is 418 g/mol. The Bertz CT molecular complexity index is 884. The number of para-hydroxylation sites is 1. The van der Waals surface area contributed by atoms with Gasteiger partial charge in [-0.15, -0.1) is 0 Å². The number of rotatable bonds is 10. The van der Waals surface area contributed by atoms with Crippen LogP contribution in [0.15, 0.2) is 60.8 Å². The summed E-state index contributed by atoms with van der Waals surface area (Å²) in [7, 11) is 0. The van der Waals surface area contributed by atoms with E-state index in [1.807, 2.05) is 48.7 Å². The van der Waals surface area contributed by atoms with E-state index in [0.29, 0.717) is 6.79 Å². The Morgan fingerprint density at radius 1 is 0.938 bits per heavy atom. The van der Waals surface area contributed by atoms with Crippen LogP contribution in [0, 0.1) is 0 Å². The molecule has 2 unspecified atom stereocenters. The Labute approximate surface area is 195 Å². The Hall–Kier alpha value is -2.24. The standard InChI is InChI=1S/C18H28O3S.C9H7N/c1-3-4-5-6-7-8-11-22(19)15(2)12-16-9-10-17-18(13-16)21-14-20-17;1-2-6-9-8(4-1)5-3-7-10-9/h9-10,13,15H,3-8,11-12,14H2,1-2H3;1-7H.